The van der Waals surface area contributed by atoms with Gasteiger partial charge in [0.2, 0.25) is 0 Å². The lowest BCUT2D eigenvalue weighted by atomic mass is 10.1. The fourth-order valence-electron chi connectivity index (χ4n) is 2.65. The Morgan fingerprint density at radius 1 is 0.833 bits per heavy atom. The van der Waals surface area contributed by atoms with E-state index in [1.807, 2.05) is 18.2 Å². The molecule has 0 fully saturated rings. The van der Waals surface area contributed by atoms with Crippen LogP contribution in [0.25, 0.3) is 0 Å². The molecule has 1 atom stereocenters. The average molecular weight is 403 g/mol. The zero-order valence-corrected chi connectivity index (χ0v) is 16.6. The van der Waals surface area contributed by atoms with Crippen molar-refractivity contribution in [2.45, 2.75) is 20.0 Å². The maximum atomic E-state index is 12.6. The Labute approximate surface area is 174 Å². The van der Waals surface area contributed by atoms with Crippen LogP contribution in [0.5, 0.6) is 11.5 Å². The zero-order valence-electron chi connectivity index (χ0n) is 16.6. The molecule has 0 aliphatic heterocycles. The molecule has 0 saturated carbocycles. The number of hydrogen-bond donors (Lipinski definition) is 1. The number of hydrogen-bond acceptors (Lipinski definition) is 5. The molecule has 3 aromatic rings. The lowest BCUT2D eigenvalue weighted by Crippen LogP contribution is -2.30. The molecule has 1 N–H and O–H groups in total. The van der Waals surface area contributed by atoms with Crippen molar-refractivity contribution in [1.82, 2.24) is 0 Å². The number of carbonyl (C=O) groups is 3. The van der Waals surface area contributed by atoms with E-state index < -0.39 is 18.0 Å². The minimum atomic E-state index is -1.03. The quantitative estimate of drug-likeness (QED) is 0.450. The van der Waals surface area contributed by atoms with Crippen molar-refractivity contribution in [2.75, 3.05) is 5.32 Å². The van der Waals surface area contributed by atoms with Crippen LogP contribution in [-0.4, -0.2) is 23.8 Å². The topological polar surface area (TPSA) is 81.7 Å². The summed E-state index contributed by atoms with van der Waals surface area (Å²) in [6.07, 6.45) is -1.03. The van der Waals surface area contributed by atoms with E-state index in [0.717, 1.165) is 0 Å². The molecule has 3 aromatic carbocycles. The normalized spacial score (nSPS) is 11.3. The first-order chi connectivity index (χ1) is 14.4. The summed E-state index contributed by atoms with van der Waals surface area (Å²) in [7, 11) is 0. The second kappa shape index (κ2) is 9.52. The van der Waals surface area contributed by atoms with Gasteiger partial charge in [-0.3, -0.25) is 9.59 Å². The first-order valence-electron chi connectivity index (χ1n) is 9.39. The van der Waals surface area contributed by atoms with E-state index in [-0.39, 0.29) is 11.3 Å². The molecule has 6 nitrogen and oxygen atoms in total. The van der Waals surface area contributed by atoms with Gasteiger partial charge in [0.25, 0.3) is 5.91 Å². The molecule has 3 rings (SSSR count). The van der Waals surface area contributed by atoms with Crippen LogP contribution < -0.4 is 10.1 Å². The van der Waals surface area contributed by atoms with Crippen LogP contribution in [0.1, 0.15) is 34.6 Å². The number of carbonyl (C=O) groups excluding carboxylic acids is 3. The third-order valence-electron chi connectivity index (χ3n) is 4.29. The van der Waals surface area contributed by atoms with Gasteiger partial charge < -0.3 is 14.8 Å². The SMILES string of the molecule is CC(=O)c1ccc(NC(=O)[C@H](C)OC(=O)c2ccccc2Oc2ccccc2)cc1. The maximum Gasteiger partial charge on any atom is 0.342 e. The highest BCUT2D eigenvalue weighted by Gasteiger charge is 2.21. The third kappa shape index (κ3) is 5.32. The summed E-state index contributed by atoms with van der Waals surface area (Å²) in [6, 6.07) is 22.2. The first-order valence-corrected chi connectivity index (χ1v) is 9.39. The van der Waals surface area contributed by atoms with Crippen LogP contribution in [-0.2, 0) is 9.53 Å². The van der Waals surface area contributed by atoms with Gasteiger partial charge in [0.1, 0.15) is 17.1 Å². The standard InChI is InChI=1S/C24H21NO5/c1-16(26)18-12-14-19(15-13-18)25-23(27)17(2)29-24(28)21-10-6-7-11-22(21)30-20-8-4-3-5-9-20/h3-15,17H,1-2H3,(H,25,27)/t17-/m0/s1. The number of benzene rings is 3. The molecule has 152 valence electrons. The van der Waals surface area contributed by atoms with Gasteiger partial charge in [0, 0.05) is 11.3 Å². The molecule has 0 saturated heterocycles. The van der Waals surface area contributed by atoms with Gasteiger partial charge in [-0.15, -0.1) is 0 Å². The van der Waals surface area contributed by atoms with Crippen molar-refractivity contribution in [3.63, 3.8) is 0 Å². The number of para-hydroxylation sites is 2. The Bertz CT molecular complexity index is 1040. The summed E-state index contributed by atoms with van der Waals surface area (Å²) in [6.45, 7) is 2.95. The number of Topliss-reactive ketones (excluding diaryl/α,β-unsaturated/α-hetero) is 1. The molecule has 0 radical (unpaired) electrons. The van der Waals surface area contributed by atoms with E-state index >= 15 is 0 Å². The predicted octanol–water partition coefficient (Wildman–Crippen LogP) is 4.87. The summed E-state index contributed by atoms with van der Waals surface area (Å²) in [5, 5.41) is 2.66. The molecule has 30 heavy (non-hydrogen) atoms. The van der Waals surface area contributed by atoms with Crippen molar-refractivity contribution in [2.24, 2.45) is 0 Å². The van der Waals surface area contributed by atoms with Crippen LogP contribution in [0.4, 0.5) is 5.69 Å². The number of ketones is 1. The van der Waals surface area contributed by atoms with Gasteiger partial charge >= 0.3 is 5.97 Å². The zero-order chi connectivity index (χ0) is 21.5. The van der Waals surface area contributed by atoms with Crippen LogP contribution in [0.3, 0.4) is 0 Å². The Balaban J connectivity index is 1.65. The van der Waals surface area contributed by atoms with Gasteiger partial charge in [0.05, 0.1) is 0 Å². The fraction of sp³-hybridized carbons (Fsp3) is 0.125. The lowest BCUT2D eigenvalue weighted by molar-refractivity contribution is -0.123. The number of anilines is 1. The van der Waals surface area contributed by atoms with Crippen molar-refractivity contribution >= 4 is 23.3 Å². The van der Waals surface area contributed by atoms with Crippen LogP contribution >= 0.6 is 0 Å². The summed E-state index contributed by atoms with van der Waals surface area (Å²) in [5.74, 6) is -0.304. The van der Waals surface area contributed by atoms with Gasteiger partial charge in [0.15, 0.2) is 11.9 Å². The summed E-state index contributed by atoms with van der Waals surface area (Å²) in [4.78, 5) is 36.3. The molecule has 0 aliphatic rings. The Kier molecular flexibility index (Phi) is 6.60. The number of ether oxygens (including phenoxy) is 2. The lowest BCUT2D eigenvalue weighted by Gasteiger charge is -2.15. The molecular formula is C24H21NO5. The molecule has 6 heteroatoms. The van der Waals surface area contributed by atoms with Crippen molar-refractivity contribution < 1.29 is 23.9 Å². The minimum Gasteiger partial charge on any atom is -0.456 e. The summed E-state index contributed by atoms with van der Waals surface area (Å²) in [5.41, 5.74) is 1.26. The number of rotatable bonds is 7. The van der Waals surface area contributed by atoms with E-state index in [4.69, 9.17) is 9.47 Å². The van der Waals surface area contributed by atoms with Crippen molar-refractivity contribution in [3.05, 3.63) is 90.0 Å². The van der Waals surface area contributed by atoms with Crippen LogP contribution in [0, 0.1) is 0 Å². The Morgan fingerprint density at radius 3 is 2.13 bits per heavy atom. The molecule has 0 aliphatic carbocycles. The van der Waals surface area contributed by atoms with Crippen molar-refractivity contribution in [3.8, 4) is 11.5 Å². The second-order valence-corrected chi connectivity index (χ2v) is 6.58. The van der Waals surface area contributed by atoms with E-state index in [9.17, 15) is 14.4 Å². The van der Waals surface area contributed by atoms with E-state index in [0.29, 0.717) is 22.7 Å². The average Bonchev–Trinajstić information content (AvgIpc) is 2.75. The molecule has 0 aromatic heterocycles. The maximum absolute atomic E-state index is 12.6. The van der Waals surface area contributed by atoms with E-state index in [1.54, 1.807) is 60.7 Å². The van der Waals surface area contributed by atoms with Crippen LogP contribution in [0.2, 0.25) is 0 Å². The van der Waals surface area contributed by atoms with E-state index in [2.05, 4.69) is 5.32 Å². The highest BCUT2D eigenvalue weighted by Crippen LogP contribution is 2.26. The number of amides is 1. The van der Waals surface area contributed by atoms with Gasteiger partial charge in [-0.05, 0) is 62.4 Å². The molecule has 0 heterocycles. The highest BCUT2D eigenvalue weighted by molar-refractivity contribution is 5.99. The van der Waals surface area contributed by atoms with Gasteiger partial charge in [-0.25, -0.2) is 4.79 Å². The molecule has 0 unspecified atom stereocenters. The van der Waals surface area contributed by atoms with Gasteiger partial charge in [-0.1, -0.05) is 30.3 Å². The molecule has 1 amide bonds. The molecule has 0 spiro atoms. The van der Waals surface area contributed by atoms with Crippen LogP contribution in [0.15, 0.2) is 78.9 Å². The second-order valence-electron chi connectivity index (χ2n) is 6.58. The van der Waals surface area contributed by atoms with Gasteiger partial charge in [-0.2, -0.15) is 0 Å². The summed E-state index contributed by atoms with van der Waals surface area (Å²) >= 11 is 0. The smallest absolute Gasteiger partial charge is 0.342 e. The molecule has 0 bridgehead atoms. The first kappa shape index (κ1) is 20.8. The largest absolute Gasteiger partial charge is 0.456 e. The minimum absolute atomic E-state index is 0.0634. The highest BCUT2D eigenvalue weighted by atomic mass is 16.5. The third-order valence-corrected chi connectivity index (χ3v) is 4.29. The Hall–Kier alpha value is -3.93. The van der Waals surface area contributed by atoms with Crippen molar-refractivity contribution in [1.29, 1.82) is 0 Å². The molecular weight excluding hydrogens is 382 g/mol. The number of esters is 1. The summed E-state index contributed by atoms with van der Waals surface area (Å²) < 4.78 is 11.1. The monoisotopic (exact) mass is 403 g/mol. The predicted molar refractivity (Wildman–Crippen MR) is 113 cm³/mol. The Morgan fingerprint density at radius 2 is 1.47 bits per heavy atom. The van der Waals surface area contributed by atoms with E-state index in [1.165, 1.54) is 13.8 Å². The number of nitrogens with one attached hydrogen (secondary N) is 1. The fourth-order valence-corrected chi connectivity index (χ4v) is 2.65.